The molecule has 6 nitrogen and oxygen atoms in total. The van der Waals surface area contributed by atoms with E-state index >= 15 is 0 Å². The first-order valence-electron chi connectivity index (χ1n) is 11.7. The topological polar surface area (TPSA) is 55.1 Å². The van der Waals surface area contributed by atoms with Gasteiger partial charge < -0.3 is 14.8 Å². The van der Waals surface area contributed by atoms with E-state index in [-0.39, 0.29) is 11.9 Å². The molecule has 0 unspecified atom stereocenters. The molecule has 1 aromatic carbocycles. The third kappa shape index (κ3) is 5.49. The highest BCUT2D eigenvalue weighted by Gasteiger charge is 2.21. The Hall–Kier alpha value is -2.86. The maximum absolute atomic E-state index is 13.3. The summed E-state index contributed by atoms with van der Waals surface area (Å²) in [7, 11) is 1.99. The van der Waals surface area contributed by atoms with Crippen molar-refractivity contribution in [3.63, 3.8) is 0 Å². The molecule has 1 N–H and O–H groups in total. The van der Waals surface area contributed by atoms with Crippen LogP contribution in [-0.2, 0) is 7.05 Å². The molecule has 0 saturated carbocycles. The average molecular weight is 436 g/mol. The number of amides is 1. The molecule has 172 valence electrons. The summed E-state index contributed by atoms with van der Waals surface area (Å²) in [5.74, 6) is -0.0887. The van der Waals surface area contributed by atoms with Crippen molar-refractivity contribution in [3.05, 3.63) is 59.4 Å². The van der Waals surface area contributed by atoms with Gasteiger partial charge in [0, 0.05) is 19.3 Å². The Labute approximate surface area is 192 Å². The van der Waals surface area contributed by atoms with Gasteiger partial charge in [-0.25, -0.2) is 4.68 Å². The molecule has 32 heavy (non-hydrogen) atoms. The van der Waals surface area contributed by atoms with Crippen molar-refractivity contribution in [3.8, 4) is 17.1 Å². The Bertz CT molecular complexity index is 1040. The summed E-state index contributed by atoms with van der Waals surface area (Å²) in [4.78, 5) is 15.7. The Morgan fingerprint density at radius 1 is 1.16 bits per heavy atom. The monoisotopic (exact) mass is 435 g/mol. The molecule has 0 aliphatic heterocycles. The summed E-state index contributed by atoms with van der Waals surface area (Å²) in [5.41, 5.74) is 5.49. The zero-order valence-electron chi connectivity index (χ0n) is 20.4. The van der Waals surface area contributed by atoms with Crippen molar-refractivity contribution in [2.24, 2.45) is 7.05 Å². The number of benzene rings is 1. The highest BCUT2D eigenvalue weighted by Crippen LogP contribution is 2.24. The number of hydrogen-bond acceptors (Lipinski definition) is 3. The zero-order valence-corrected chi connectivity index (χ0v) is 20.4. The van der Waals surface area contributed by atoms with Crippen LogP contribution in [0.15, 0.2) is 42.6 Å². The summed E-state index contributed by atoms with van der Waals surface area (Å²) in [6.07, 6.45) is 4.00. The van der Waals surface area contributed by atoms with E-state index in [1.807, 2.05) is 36.0 Å². The highest BCUT2D eigenvalue weighted by atomic mass is 16.2. The first-order chi connectivity index (χ1) is 15.3. The van der Waals surface area contributed by atoms with Gasteiger partial charge in [-0.1, -0.05) is 26.0 Å². The lowest BCUT2D eigenvalue weighted by atomic mass is 10.1. The zero-order chi connectivity index (χ0) is 23.3. The van der Waals surface area contributed by atoms with Gasteiger partial charge in [-0.3, -0.25) is 4.79 Å². The fraction of sp³-hybridized carbons (Fsp3) is 0.462. The van der Waals surface area contributed by atoms with Crippen LogP contribution in [0.1, 0.15) is 55.2 Å². The van der Waals surface area contributed by atoms with Gasteiger partial charge in [-0.15, -0.1) is 0 Å². The van der Waals surface area contributed by atoms with Gasteiger partial charge in [0.1, 0.15) is 11.4 Å². The van der Waals surface area contributed by atoms with Crippen LogP contribution in [0.3, 0.4) is 0 Å². The maximum Gasteiger partial charge on any atom is 0.270 e. The maximum atomic E-state index is 13.3. The van der Waals surface area contributed by atoms with Crippen LogP contribution >= 0.6 is 0 Å². The molecule has 1 atom stereocenters. The van der Waals surface area contributed by atoms with Crippen molar-refractivity contribution < 1.29 is 4.79 Å². The van der Waals surface area contributed by atoms with Crippen LogP contribution < -0.4 is 5.32 Å². The standard InChI is InChI=1S/C26H37N5O/c1-7-30(8-2)16-9-11-21(5)27-26(32)25-18-22(23-12-10-15-29(23)6)28-31(25)24-17-19(3)13-14-20(24)4/h10,12-15,17-18,21H,7-9,11,16H2,1-6H3,(H,27,32)/t21-/m1/s1. The van der Waals surface area contributed by atoms with Crippen LogP contribution in [0.4, 0.5) is 0 Å². The summed E-state index contributed by atoms with van der Waals surface area (Å²) >= 11 is 0. The molecule has 0 aliphatic carbocycles. The van der Waals surface area contributed by atoms with Crippen LogP contribution in [0.25, 0.3) is 17.1 Å². The van der Waals surface area contributed by atoms with Gasteiger partial charge in [0.15, 0.2) is 0 Å². The molecule has 1 amide bonds. The summed E-state index contributed by atoms with van der Waals surface area (Å²) in [5, 5.41) is 8.05. The van der Waals surface area contributed by atoms with Crippen LogP contribution in [-0.4, -0.2) is 50.8 Å². The molecule has 0 saturated heterocycles. The Balaban J connectivity index is 1.85. The van der Waals surface area contributed by atoms with Crippen molar-refractivity contribution in [2.45, 2.75) is 53.5 Å². The normalized spacial score (nSPS) is 12.3. The van der Waals surface area contributed by atoms with E-state index in [9.17, 15) is 4.79 Å². The molecule has 2 aromatic heterocycles. The highest BCUT2D eigenvalue weighted by molar-refractivity contribution is 5.94. The van der Waals surface area contributed by atoms with Gasteiger partial charge in [-0.2, -0.15) is 5.10 Å². The first kappa shape index (κ1) is 23.8. The molecule has 0 fully saturated rings. The lowest BCUT2D eigenvalue weighted by molar-refractivity contribution is 0.0929. The number of aryl methyl sites for hydroxylation is 3. The SMILES string of the molecule is CCN(CC)CCC[C@@H](C)NC(=O)c1cc(-c2cccn2C)nn1-c1cc(C)ccc1C. The van der Waals surface area contributed by atoms with Crippen LogP contribution in [0.2, 0.25) is 0 Å². The minimum Gasteiger partial charge on any atom is -0.349 e. The van der Waals surface area contributed by atoms with E-state index in [1.54, 1.807) is 4.68 Å². The van der Waals surface area contributed by atoms with Crippen LogP contribution in [0.5, 0.6) is 0 Å². The van der Waals surface area contributed by atoms with E-state index in [4.69, 9.17) is 5.10 Å². The number of rotatable bonds is 10. The number of hydrogen-bond donors (Lipinski definition) is 1. The van der Waals surface area contributed by atoms with E-state index < -0.39 is 0 Å². The largest absolute Gasteiger partial charge is 0.349 e. The third-order valence-electron chi connectivity index (χ3n) is 6.12. The summed E-state index contributed by atoms with van der Waals surface area (Å²) < 4.78 is 3.82. The van der Waals surface area contributed by atoms with E-state index in [1.165, 1.54) is 0 Å². The minimum atomic E-state index is -0.0887. The average Bonchev–Trinajstić information content (AvgIpc) is 3.39. The number of nitrogens with one attached hydrogen (secondary N) is 1. The molecule has 0 spiro atoms. The summed E-state index contributed by atoms with van der Waals surface area (Å²) in [6, 6.07) is 12.2. The second kappa shape index (κ2) is 10.6. The lowest BCUT2D eigenvalue weighted by Crippen LogP contribution is -2.34. The van der Waals surface area contributed by atoms with Gasteiger partial charge in [0.25, 0.3) is 5.91 Å². The quantitative estimate of drug-likeness (QED) is 0.501. The van der Waals surface area contributed by atoms with Gasteiger partial charge >= 0.3 is 0 Å². The molecule has 0 aliphatic rings. The van der Waals surface area contributed by atoms with E-state index in [0.717, 1.165) is 60.7 Å². The van der Waals surface area contributed by atoms with Crippen molar-refractivity contribution >= 4 is 5.91 Å². The second-order valence-electron chi connectivity index (χ2n) is 8.66. The molecule has 3 aromatic rings. The first-order valence-corrected chi connectivity index (χ1v) is 11.7. The molecule has 0 radical (unpaired) electrons. The van der Waals surface area contributed by atoms with Gasteiger partial charge in [-0.05, 0) is 88.6 Å². The van der Waals surface area contributed by atoms with Crippen molar-refractivity contribution in [1.82, 2.24) is 24.6 Å². The Morgan fingerprint density at radius 3 is 2.56 bits per heavy atom. The Kier molecular flexibility index (Phi) is 7.91. The smallest absolute Gasteiger partial charge is 0.270 e. The van der Waals surface area contributed by atoms with Gasteiger partial charge in [0.05, 0.1) is 11.4 Å². The fourth-order valence-electron chi connectivity index (χ4n) is 4.06. The molecule has 0 bridgehead atoms. The summed E-state index contributed by atoms with van der Waals surface area (Å²) in [6.45, 7) is 13.8. The number of aromatic nitrogens is 3. The number of nitrogens with zero attached hydrogens (tertiary/aromatic N) is 4. The van der Waals surface area contributed by atoms with Crippen molar-refractivity contribution in [1.29, 1.82) is 0 Å². The predicted octanol–water partition coefficient (Wildman–Crippen LogP) is 4.73. The van der Waals surface area contributed by atoms with Crippen LogP contribution in [0, 0.1) is 13.8 Å². The molecular weight excluding hydrogens is 398 g/mol. The molecular formula is C26H37N5O. The second-order valence-corrected chi connectivity index (χ2v) is 8.66. The Morgan fingerprint density at radius 2 is 1.91 bits per heavy atom. The predicted molar refractivity (Wildman–Crippen MR) is 131 cm³/mol. The molecule has 6 heteroatoms. The third-order valence-corrected chi connectivity index (χ3v) is 6.12. The number of carbonyl (C=O) groups excluding carboxylic acids is 1. The van der Waals surface area contributed by atoms with Gasteiger partial charge in [0.2, 0.25) is 0 Å². The number of carbonyl (C=O) groups is 1. The van der Waals surface area contributed by atoms with E-state index in [0.29, 0.717) is 5.69 Å². The minimum absolute atomic E-state index is 0.0887. The molecule has 3 rings (SSSR count). The lowest BCUT2D eigenvalue weighted by Gasteiger charge is -2.20. The fourth-order valence-corrected chi connectivity index (χ4v) is 4.06. The van der Waals surface area contributed by atoms with E-state index in [2.05, 4.69) is 63.0 Å². The van der Waals surface area contributed by atoms with Crippen molar-refractivity contribution in [2.75, 3.05) is 19.6 Å². The molecule has 2 heterocycles.